The second-order valence-corrected chi connectivity index (χ2v) is 10.4. The van der Waals surface area contributed by atoms with E-state index in [1.54, 1.807) is 0 Å². The monoisotopic (exact) mass is 488 g/mol. The molecule has 0 atom stereocenters. The molecule has 0 aliphatic rings. The van der Waals surface area contributed by atoms with Gasteiger partial charge >= 0.3 is 0 Å². The van der Waals surface area contributed by atoms with E-state index in [0.717, 1.165) is 33.4 Å². The Balaban J connectivity index is 1.20. The Kier molecular flexibility index (Phi) is 6.30. The normalized spacial score (nSPS) is 11.5. The predicted octanol–water partition coefficient (Wildman–Crippen LogP) is 5.42. The van der Waals surface area contributed by atoms with Gasteiger partial charge in [-0.15, -0.1) is 21.5 Å². The highest BCUT2D eigenvalue weighted by Crippen LogP contribution is 2.26. The first-order chi connectivity index (χ1) is 16.5. The number of carbonyl (C=O) groups is 1. The summed E-state index contributed by atoms with van der Waals surface area (Å²) in [6.45, 7) is 4.38. The van der Waals surface area contributed by atoms with Crippen LogP contribution in [0.25, 0.3) is 22.1 Å². The van der Waals surface area contributed by atoms with Crippen LogP contribution in [0.1, 0.15) is 35.8 Å². The minimum atomic E-state index is -0.145. The zero-order valence-electron chi connectivity index (χ0n) is 19.1. The Morgan fingerprint density at radius 3 is 2.71 bits per heavy atom. The molecule has 7 nitrogen and oxygen atoms in total. The molecule has 5 rings (SSSR count). The van der Waals surface area contributed by atoms with Crippen LogP contribution in [0.4, 0.5) is 5.13 Å². The fourth-order valence-corrected chi connectivity index (χ4v) is 5.25. The zero-order valence-corrected chi connectivity index (χ0v) is 20.8. The lowest BCUT2D eigenvalue weighted by Gasteiger charge is -2.06. The van der Waals surface area contributed by atoms with Gasteiger partial charge in [-0.25, -0.2) is 9.97 Å². The highest BCUT2D eigenvalue weighted by atomic mass is 32.2. The van der Waals surface area contributed by atoms with E-state index < -0.39 is 0 Å². The van der Waals surface area contributed by atoms with Crippen LogP contribution in [0.5, 0.6) is 0 Å². The molecule has 0 saturated carbocycles. The van der Waals surface area contributed by atoms with E-state index in [0.29, 0.717) is 16.2 Å². The lowest BCUT2D eigenvalue weighted by atomic mass is 10.0. The number of nitrogens with zero attached hydrogens (tertiary/aromatic N) is 5. The second kappa shape index (κ2) is 9.52. The van der Waals surface area contributed by atoms with Crippen molar-refractivity contribution < 1.29 is 4.79 Å². The van der Waals surface area contributed by atoms with Crippen molar-refractivity contribution in [1.29, 1.82) is 0 Å². The Hall–Kier alpha value is -3.30. The quantitative estimate of drug-likeness (QED) is 0.308. The molecule has 0 bridgehead atoms. The first kappa shape index (κ1) is 22.5. The van der Waals surface area contributed by atoms with Crippen LogP contribution in [0, 0.1) is 0 Å². The number of para-hydroxylation sites is 1. The summed E-state index contributed by atoms with van der Waals surface area (Å²) in [6.07, 6.45) is 2.62. The number of hydrogen-bond acceptors (Lipinski definition) is 7. The minimum absolute atomic E-state index is 0.145. The Bertz CT molecular complexity index is 1470. The van der Waals surface area contributed by atoms with Crippen LogP contribution in [0.3, 0.4) is 0 Å². The fourth-order valence-electron chi connectivity index (χ4n) is 3.81. The maximum absolute atomic E-state index is 12.5. The number of anilines is 1. The number of fused-ring (bicyclic) bond motifs is 3. The average molecular weight is 489 g/mol. The number of aryl methyl sites for hydroxylation is 1. The summed E-state index contributed by atoms with van der Waals surface area (Å²) >= 11 is 2.76. The molecule has 3 heterocycles. The Morgan fingerprint density at radius 1 is 1.12 bits per heavy atom. The molecule has 0 saturated heterocycles. The van der Waals surface area contributed by atoms with Gasteiger partial charge in [0.25, 0.3) is 0 Å². The third-order valence-electron chi connectivity index (χ3n) is 5.64. The summed E-state index contributed by atoms with van der Waals surface area (Å²) in [6, 6.07) is 16.7. The van der Waals surface area contributed by atoms with E-state index in [1.807, 2.05) is 42.1 Å². The smallest absolute Gasteiger partial charge is 0.236 e. The number of amides is 1. The van der Waals surface area contributed by atoms with Gasteiger partial charge in [0.15, 0.2) is 10.8 Å². The molecule has 0 radical (unpaired) electrons. The predicted molar refractivity (Wildman–Crippen MR) is 139 cm³/mol. The molecule has 0 fully saturated rings. The van der Waals surface area contributed by atoms with E-state index in [9.17, 15) is 4.79 Å². The van der Waals surface area contributed by atoms with E-state index >= 15 is 0 Å². The van der Waals surface area contributed by atoms with E-state index in [4.69, 9.17) is 0 Å². The fraction of sp³-hybridized carbons (Fsp3) is 0.240. The zero-order chi connectivity index (χ0) is 23.7. The number of aromatic nitrogens is 5. The van der Waals surface area contributed by atoms with Crippen LogP contribution in [-0.2, 0) is 18.3 Å². The third-order valence-corrected chi connectivity index (χ3v) is 7.39. The van der Waals surface area contributed by atoms with Crippen molar-refractivity contribution in [2.75, 3.05) is 11.1 Å². The van der Waals surface area contributed by atoms with Gasteiger partial charge in [-0.05, 0) is 23.1 Å². The Labute approximate surface area is 205 Å². The largest absolute Gasteiger partial charge is 0.327 e. The minimum Gasteiger partial charge on any atom is -0.327 e. The lowest BCUT2D eigenvalue weighted by molar-refractivity contribution is -0.113. The van der Waals surface area contributed by atoms with Crippen molar-refractivity contribution in [3.63, 3.8) is 0 Å². The number of hydrogen-bond donors (Lipinski definition) is 1. The van der Waals surface area contributed by atoms with Gasteiger partial charge in [-0.3, -0.25) is 4.79 Å². The molecule has 34 heavy (non-hydrogen) atoms. The molecule has 2 aromatic carbocycles. The molecule has 0 unspecified atom stereocenters. The molecule has 1 amide bonds. The van der Waals surface area contributed by atoms with E-state index in [2.05, 4.69) is 63.6 Å². The lowest BCUT2D eigenvalue weighted by Crippen LogP contribution is -2.14. The van der Waals surface area contributed by atoms with E-state index in [1.165, 1.54) is 34.2 Å². The van der Waals surface area contributed by atoms with Gasteiger partial charge in [0.1, 0.15) is 5.52 Å². The van der Waals surface area contributed by atoms with Crippen molar-refractivity contribution >= 4 is 56.2 Å². The van der Waals surface area contributed by atoms with E-state index in [-0.39, 0.29) is 11.7 Å². The average Bonchev–Trinajstić information content (AvgIpc) is 3.40. The van der Waals surface area contributed by atoms with Gasteiger partial charge in [-0.1, -0.05) is 68.1 Å². The molecular formula is C25H24N6OS2. The summed E-state index contributed by atoms with van der Waals surface area (Å²) in [5, 5.41) is 13.5. The molecule has 172 valence electrons. The number of rotatable bonds is 7. The number of carbonyl (C=O) groups excluding carboxylic acids is 1. The maximum Gasteiger partial charge on any atom is 0.236 e. The van der Waals surface area contributed by atoms with Crippen LogP contribution >= 0.6 is 23.1 Å². The van der Waals surface area contributed by atoms with Crippen LogP contribution in [-0.4, -0.2) is 36.4 Å². The summed E-state index contributed by atoms with van der Waals surface area (Å²) in [5.41, 5.74) is 5.13. The van der Waals surface area contributed by atoms with Gasteiger partial charge in [0, 0.05) is 29.9 Å². The summed E-state index contributed by atoms with van der Waals surface area (Å²) in [7, 11) is 1.96. The summed E-state index contributed by atoms with van der Waals surface area (Å²) in [4.78, 5) is 22.6. The van der Waals surface area contributed by atoms with Crippen molar-refractivity contribution in [1.82, 2.24) is 24.7 Å². The van der Waals surface area contributed by atoms with Crippen molar-refractivity contribution in [3.8, 4) is 0 Å². The number of thioether (sulfide) groups is 1. The third kappa shape index (κ3) is 4.67. The van der Waals surface area contributed by atoms with Crippen LogP contribution in [0.2, 0.25) is 0 Å². The second-order valence-electron chi connectivity index (χ2n) is 8.38. The van der Waals surface area contributed by atoms with Crippen molar-refractivity contribution in [2.24, 2.45) is 7.05 Å². The van der Waals surface area contributed by atoms with Crippen LogP contribution in [0.15, 0.2) is 59.9 Å². The molecule has 1 N–H and O–H groups in total. The maximum atomic E-state index is 12.5. The first-order valence-electron chi connectivity index (χ1n) is 11.0. The molecule has 5 aromatic rings. The molecule has 9 heteroatoms. The molecular weight excluding hydrogens is 464 g/mol. The van der Waals surface area contributed by atoms with Gasteiger partial charge in [0.05, 0.1) is 11.3 Å². The van der Waals surface area contributed by atoms with Crippen LogP contribution < -0.4 is 5.32 Å². The summed E-state index contributed by atoms with van der Waals surface area (Å²) < 4.78 is 2.00. The molecule has 0 spiro atoms. The Morgan fingerprint density at radius 2 is 1.91 bits per heavy atom. The highest BCUT2D eigenvalue weighted by molar-refractivity contribution is 7.99. The molecule has 0 aliphatic heterocycles. The first-order valence-corrected chi connectivity index (χ1v) is 12.8. The summed E-state index contributed by atoms with van der Waals surface area (Å²) in [5.74, 6) is 0.558. The SMILES string of the molecule is CC(C)c1ccc(Cc2cnc(NC(=O)CSc3nnc4c5ccccc5n(C)c4n3)s2)cc1. The van der Waals surface area contributed by atoms with Gasteiger partial charge < -0.3 is 9.88 Å². The standard InChI is InChI=1S/C25H24N6OS2/c1-15(2)17-10-8-16(9-11-17)12-18-13-26-24(34-18)27-21(32)14-33-25-28-23-22(29-30-25)19-6-4-5-7-20(19)31(23)3/h4-11,13,15H,12,14H2,1-3H3,(H,26,27,32). The number of benzene rings is 2. The highest BCUT2D eigenvalue weighted by Gasteiger charge is 2.14. The number of thiazole rings is 1. The van der Waals surface area contributed by atoms with Crippen molar-refractivity contribution in [3.05, 3.63) is 70.7 Å². The van der Waals surface area contributed by atoms with Gasteiger partial charge in [-0.2, -0.15) is 0 Å². The number of nitrogens with one attached hydrogen (secondary N) is 1. The molecule has 0 aliphatic carbocycles. The topological polar surface area (TPSA) is 85.6 Å². The molecule has 3 aromatic heterocycles. The van der Waals surface area contributed by atoms with Crippen molar-refractivity contribution in [2.45, 2.75) is 31.3 Å². The van der Waals surface area contributed by atoms with Gasteiger partial charge in [0.2, 0.25) is 11.1 Å².